The summed E-state index contributed by atoms with van der Waals surface area (Å²) in [7, 11) is 2.85. The van der Waals surface area contributed by atoms with Gasteiger partial charge in [0.05, 0.1) is 50.4 Å². The highest BCUT2D eigenvalue weighted by Gasteiger charge is 2.48. The molecule has 3 aromatic rings. The van der Waals surface area contributed by atoms with Crippen LogP contribution in [0.3, 0.4) is 0 Å². The van der Waals surface area contributed by atoms with Crippen molar-refractivity contribution in [2.24, 2.45) is 5.92 Å². The smallest absolute Gasteiger partial charge is 0.410 e. The maximum absolute atomic E-state index is 14.0. The van der Waals surface area contributed by atoms with E-state index in [1.54, 1.807) is 18.3 Å². The molecule has 3 atom stereocenters. The van der Waals surface area contributed by atoms with Gasteiger partial charge in [-0.2, -0.15) is 18.3 Å². The van der Waals surface area contributed by atoms with Crippen molar-refractivity contribution in [2.75, 3.05) is 32.7 Å². The fourth-order valence-corrected chi connectivity index (χ4v) is 5.30. The molecule has 0 bridgehead atoms. The number of anilines is 1. The molecule has 1 saturated heterocycles. The van der Waals surface area contributed by atoms with E-state index in [1.807, 2.05) is 5.32 Å². The third-order valence-electron chi connectivity index (χ3n) is 7.48. The van der Waals surface area contributed by atoms with Gasteiger partial charge in [0.25, 0.3) is 0 Å². The molecule has 11 nitrogen and oxygen atoms in total. The summed E-state index contributed by atoms with van der Waals surface area (Å²) in [5.41, 5.74) is 1.30. The van der Waals surface area contributed by atoms with Crippen LogP contribution in [0.25, 0.3) is 5.65 Å². The highest BCUT2D eigenvalue weighted by atomic mass is 19.4. The van der Waals surface area contributed by atoms with E-state index in [1.165, 1.54) is 31.3 Å². The van der Waals surface area contributed by atoms with Crippen molar-refractivity contribution in [3.63, 3.8) is 0 Å². The molecule has 4 heterocycles. The first-order valence-electron chi connectivity index (χ1n) is 13.0. The predicted octanol–water partition coefficient (Wildman–Crippen LogP) is 4.15. The lowest BCUT2D eigenvalue weighted by Gasteiger charge is -2.33. The Kier molecular flexibility index (Phi) is 7.85. The molecular formula is C25H29F5N8O3. The van der Waals surface area contributed by atoms with Crippen LogP contribution in [0.15, 0.2) is 30.9 Å². The molecule has 2 N–H and O–H groups in total. The summed E-state index contributed by atoms with van der Waals surface area (Å²) >= 11 is 0. The second-order valence-electron chi connectivity index (χ2n) is 10.2. The van der Waals surface area contributed by atoms with Gasteiger partial charge in [0.2, 0.25) is 11.8 Å². The molecule has 0 spiro atoms. The normalized spacial score (nSPS) is 21.1. The van der Waals surface area contributed by atoms with Crippen molar-refractivity contribution >= 4 is 17.5 Å². The number of urea groups is 1. The van der Waals surface area contributed by atoms with Crippen LogP contribution in [0, 0.1) is 5.92 Å². The van der Waals surface area contributed by atoms with Gasteiger partial charge < -0.3 is 25.0 Å². The number of halogens is 5. The Labute approximate surface area is 231 Å². The van der Waals surface area contributed by atoms with Crippen molar-refractivity contribution in [1.82, 2.24) is 34.8 Å². The average molecular weight is 585 g/mol. The van der Waals surface area contributed by atoms with Crippen molar-refractivity contribution in [2.45, 2.75) is 55.9 Å². The average Bonchev–Trinajstić information content (AvgIpc) is 3.54. The minimum atomic E-state index is -4.60. The molecule has 0 unspecified atom stereocenters. The molecule has 5 rings (SSSR count). The zero-order valence-electron chi connectivity index (χ0n) is 22.2. The molecule has 0 aromatic carbocycles. The number of fused-ring (bicyclic) bond motifs is 1. The number of carbonyl (C=O) groups excluding carboxylic acids is 1. The van der Waals surface area contributed by atoms with Gasteiger partial charge in [0.1, 0.15) is 18.2 Å². The maximum Gasteiger partial charge on any atom is 0.410 e. The maximum atomic E-state index is 14.0. The number of nitrogens with one attached hydrogen (secondary N) is 2. The number of imidazole rings is 1. The number of ether oxygens (including phenoxy) is 2. The molecule has 222 valence electrons. The number of hydrogen-bond donors (Lipinski definition) is 2. The Morgan fingerprint density at radius 1 is 1.20 bits per heavy atom. The Morgan fingerprint density at radius 2 is 1.95 bits per heavy atom. The van der Waals surface area contributed by atoms with Crippen LogP contribution in [0.1, 0.15) is 49.0 Å². The van der Waals surface area contributed by atoms with Crippen LogP contribution in [0.5, 0.6) is 5.88 Å². The van der Waals surface area contributed by atoms with E-state index in [0.717, 1.165) is 4.90 Å². The van der Waals surface area contributed by atoms with E-state index < -0.39 is 42.8 Å². The zero-order valence-corrected chi connectivity index (χ0v) is 22.2. The Hall–Kier alpha value is -3.82. The Balaban J connectivity index is 1.46. The molecule has 0 radical (unpaired) electrons. The van der Waals surface area contributed by atoms with E-state index in [2.05, 4.69) is 20.4 Å². The largest absolute Gasteiger partial charge is 0.481 e. The fraction of sp³-hybridized carbons (Fsp3) is 0.560. The van der Waals surface area contributed by atoms with Gasteiger partial charge in [-0.15, -0.1) is 0 Å². The monoisotopic (exact) mass is 584 g/mol. The summed E-state index contributed by atoms with van der Waals surface area (Å²) in [5.74, 6) is -2.18. The molecule has 1 aliphatic carbocycles. The quantitative estimate of drug-likeness (QED) is 0.360. The molecule has 2 fully saturated rings. The number of amides is 2. The first-order chi connectivity index (χ1) is 19.5. The van der Waals surface area contributed by atoms with Crippen molar-refractivity contribution in [1.29, 1.82) is 0 Å². The van der Waals surface area contributed by atoms with E-state index >= 15 is 0 Å². The fourth-order valence-electron chi connectivity index (χ4n) is 5.30. The van der Waals surface area contributed by atoms with E-state index in [9.17, 15) is 26.7 Å². The lowest BCUT2D eigenvalue weighted by molar-refractivity contribution is -0.150. The van der Waals surface area contributed by atoms with Gasteiger partial charge in [-0.25, -0.2) is 33.0 Å². The van der Waals surface area contributed by atoms with Gasteiger partial charge in [0.15, 0.2) is 5.65 Å². The predicted molar refractivity (Wildman–Crippen MR) is 135 cm³/mol. The number of hydrogen-bond acceptors (Lipinski definition) is 8. The number of alkyl halides is 5. The SMILES string of the molecule is COC[C@H](c1cnn2cc([C@@H](Nc3cc(OC)ncn3)C3CCC(F)(F)CC3)nc2c1)N1C[C@@H](C(F)(F)F)NC1=O. The lowest BCUT2D eigenvalue weighted by atomic mass is 9.81. The number of carbonyl (C=O) groups is 1. The summed E-state index contributed by atoms with van der Waals surface area (Å²) in [6.07, 6.45) is -0.188. The zero-order chi connectivity index (χ0) is 29.4. The summed E-state index contributed by atoms with van der Waals surface area (Å²) in [5, 5.41) is 9.63. The van der Waals surface area contributed by atoms with Gasteiger partial charge in [-0.3, -0.25) is 0 Å². The second-order valence-corrected chi connectivity index (χ2v) is 10.2. The van der Waals surface area contributed by atoms with Crippen LogP contribution in [-0.2, 0) is 4.74 Å². The summed E-state index contributed by atoms with van der Waals surface area (Å²) < 4.78 is 79.7. The molecule has 1 aliphatic heterocycles. The first-order valence-corrected chi connectivity index (χ1v) is 13.0. The second kappa shape index (κ2) is 11.2. The highest BCUT2D eigenvalue weighted by molar-refractivity contribution is 5.77. The first kappa shape index (κ1) is 28.7. The number of rotatable bonds is 9. The lowest BCUT2D eigenvalue weighted by Crippen LogP contribution is -2.40. The third-order valence-corrected chi connectivity index (χ3v) is 7.48. The number of methoxy groups -OCH3 is 2. The number of nitrogens with zero attached hydrogens (tertiary/aromatic N) is 6. The van der Waals surface area contributed by atoms with Gasteiger partial charge >= 0.3 is 12.2 Å². The minimum absolute atomic E-state index is 0.0700. The van der Waals surface area contributed by atoms with Gasteiger partial charge in [0, 0.05) is 31.6 Å². The number of aromatic nitrogens is 5. The molecular weight excluding hydrogens is 555 g/mol. The summed E-state index contributed by atoms with van der Waals surface area (Å²) in [4.78, 5) is 26.4. The summed E-state index contributed by atoms with van der Waals surface area (Å²) in [6, 6.07) is -1.03. The van der Waals surface area contributed by atoms with Gasteiger partial charge in [-0.1, -0.05) is 0 Å². The van der Waals surface area contributed by atoms with Crippen molar-refractivity contribution < 1.29 is 36.2 Å². The van der Waals surface area contributed by atoms with E-state index in [-0.39, 0.29) is 38.2 Å². The topological polar surface area (TPSA) is 119 Å². The van der Waals surface area contributed by atoms with Crippen LogP contribution in [-0.4, -0.2) is 81.0 Å². The van der Waals surface area contributed by atoms with Gasteiger partial charge in [-0.05, 0) is 24.8 Å². The van der Waals surface area contributed by atoms with Crippen molar-refractivity contribution in [3.8, 4) is 5.88 Å². The molecule has 41 heavy (non-hydrogen) atoms. The third kappa shape index (κ3) is 6.26. The van der Waals surface area contributed by atoms with Crippen LogP contribution in [0.2, 0.25) is 0 Å². The van der Waals surface area contributed by atoms with Crippen molar-refractivity contribution in [3.05, 3.63) is 42.1 Å². The minimum Gasteiger partial charge on any atom is -0.481 e. The Morgan fingerprint density at radius 3 is 2.61 bits per heavy atom. The molecule has 2 amide bonds. The van der Waals surface area contributed by atoms with E-state index in [4.69, 9.17) is 14.5 Å². The molecule has 1 saturated carbocycles. The molecule has 2 aliphatic rings. The van der Waals surface area contributed by atoms with Crippen LogP contribution in [0.4, 0.5) is 32.6 Å². The molecule has 3 aromatic heterocycles. The highest BCUT2D eigenvalue weighted by Crippen LogP contribution is 2.42. The Bertz CT molecular complexity index is 1380. The van der Waals surface area contributed by atoms with Crippen LogP contribution < -0.4 is 15.4 Å². The summed E-state index contributed by atoms with van der Waals surface area (Å²) in [6.45, 7) is -0.651. The molecule has 16 heteroatoms. The standard InChI is InChI=1S/C25H29F5N8O3/c1-40-12-17(37-11-18(25(28,29)30)35-23(37)39)15-7-20-34-16(10-38(20)33-9-15)22(14-3-5-24(26,27)6-4-14)36-19-8-21(41-2)32-13-31-19/h7-10,13-14,17-18,22H,3-6,11-12H2,1-2H3,(H,35,39)(H,31,32,36)/t17-,18+,22+/m1/s1. The van der Waals surface area contributed by atoms with E-state index in [0.29, 0.717) is 28.6 Å². The van der Waals surface area contributed by atoms with Crippen LogP contribution >= 0.6 is 0 Å².